The van der Waals surface area contributed by atoms with Crippen LogP contribution in [0.25, 0.3) is 0 Å². The predicted molar refractivity (Wildman–Crippen MR) is 203 cm³/mol. The van der Waals surface area contributed by atoms with Gasteiger partial charge in [-0.05, 0) is 117 Å². The van der Waals surface area contributed by atoms with E-state index in [0.717, 1.165) is 51.9 Å². The van der Waals surface area contributed by atoms with Crippen LogP contribution in [0.1, 0.15) is 120 Å². The van der Waals surface area contributed by atoms with Gasteiger partial charge >= 0.3 is 5.97 Å². The van der Waals surface area contributed by atoms with Crippen molar-refractivity contribution in [2.45, 2.75) is 204 Å². The van der Waals surface area contributed by atoms with E-state index < -0.39 is 97.6 Å². The standard InChI is InChI=1S/C43H70O15/c1-21(45)54-29-28(48)23(47)19-53-34(29)58-43(52)32(49)25(18-44)56-35(33(43)50)55-24-16-26-39(7)17-22(46)30(40(8)13-10-27(57-40)37(4,5)51)38(39,6)14-15-41(26)20-42(41)12-9-11-36(2,3)31(24)42/h22-35,44,46-52H,9-20H2,1-8H3/t22-,23+,24-,25+,26-,27-,28-,29+,30-,31+,32+,33-,34-,35+,38+,39-,40+,41+,42+,43+/m0/s1. The lowest BCUT2D eigenvalue weighted by molar-refractivity contribution is -0.442. The second-order valence-electron chi connectivity index (χ2n) is 21.8. The molecular formula is C43H70O15. The van der Waals surface area contributed by atoms with Crippen LogP contribution in [0.15, 0.2) is 0 Å². The molecule has 0 aromatic rings. The van der Waals surface area contributed by atoms with E-state index in [2.05, 4.69) is 34.6 Å². The Morgan fingerprint density at radius 3 is 2.21 bits per heavy atom. The predicted octanol–water partition coefficient (Wildman–Crippen LogP) is 1.64. The number of aliphatic hydroxyl groups excluding tert-OH is 6. The van der Waals surface area contributed by atoms with Gasteiger partial charge < -0.3 is 69.3 Å². The third-order valence-electron chi connectivity index (χ3n) is 17.8. The van der Waals surface area contributed by atoms with Crippen LogP contribution in [0.4, 0.5) is 0 Å². The lowest BCUT2D eigenvalue weighted by Crippen LogP contribution is -2.71. The molecule has 15 heteroatoms. The minimum Gasteiger partial charge on any atom is -0.454 e. The fourth-order valence-electron chi connectivity index (χ4n) is 15.2. The summed E-state index contributed by atoms with van der Waals surface area (Å²) in [5, 5.41) is 89.9. The van der Waals surface area contributed by atoms with Gasteiger partial charge in [-0.25, -0.2) is 0 Å². The number of rotatable bonds is 8. The first-order valence-corrected chi connectivity index (χ1v) is 21.8. The largest absolute Gasteiger partial charge is 0.454 e. The Morgan fingerprint density at radius 1 is 0.862 bits per heavy atom. The van der Waals surface area contributed by atoms with Crippen molar-refractivity contribution < 1.29 is 74.1 Å². The van der Waals surface area contributed by atoms with E-state index in [1.807, 2.05) is 0 Å². The average Bonchev–Trinajstić information content (AvgIpc) is 3.47. The smallest absolute Gasteiger partial charge is 0.303 e. The minimum absolute atomic E-state index is 0.0281. The normalized spacial score (nSPS) is 56.1. The lowest BCUT2D eigenvalue weighted by Gasteiger charge is -2.64. The Bertz CT molecular complexity index is 1590. The van der Waals surface area contributed by atoms with E-state index in [4.69, 9.17) is 28.4 Å². The Morgan fingerprint density at radius 2 is 1.57 bits per heavy atom. The van der Waals surface area contributed by atoms with Crippen LogP contribution >= 0.6 is 0 Å². The van der Waals surface area contributed by atoms with Gasteiger partial charge in [-0.2, -0.15) is 0 Å². The third kappa shape index (κ3) is 6.10. The molecule has 0 bridgehead atoms. The summed E-state index contributed by atoms with van der Waals surface area (Å²) in [5.41, 5.74) is -2.49. The maximum atomic E-state index is 12.2. The molecule has 8 fully saturated rings. The van der Waals surface area contributed by atoms with Crippen molar-refractivity contribution in [2.24, 2.45) is 44.8 Å². The highest BCUT2D eigenvalue weighted by Gasteiger charge is 2.84. The summed E-state index contributed by atoms with van der Waals surface area (Å²) < 4.78 is 36.4. The van der Waals surface area contributed by atoms with Gasteiger partial charge in [0.15, 0.2) is 18.5 Å². The number of hydrogen-bond donors (Lipinski definition) is 8. The molecule has 0 unspecified atom stereocenters. The summed E-state index contributed by atoms with van der Waals surface area (Å²) in [7, 11) is 0. The summed E-state index contributed by atoms with van der Waals surface area (Å²) in [6.07, 6.45) is -6.46. The second-order valence-corrected chi connectivity index (χ2v) is 21.8. The maximum Gasteiger partial charge on any atom is 0.303 e. The van der Waals surface area contributed by atoms with Crippen molar-refractivity contribution in [3.63, 3.8) is 0 Å². The summed E-state index contributed by atoms with van der Waals surface area (Å²) in [6.45, 7) is 14.7. The molecule has 20 atom stereocenters. The summed E-state index contributed by atoms with van der Waals surface area (Å²) in [5.74, 6) is -3.75. The molecule has 2 spiro atoms. The van der Waals surface area contributed by atoms with Gasteiger partial charge in [-0.3, -0.25) is 4.79 Å². The summed E-state index contributed by atoms with van der Waals surface area (Å²) >= 11 is 0. The molecule has 3 saturated heterocycles. The first-order valence-electron chi connectivity index (χ1n) is 21.8. The Balaban J connectivity index is 1.12. The van der Waals surface area contributed by atoms with Crippen molar-refractivity contribution in [1.29, 1.82) is 0 Å². The fraction of sp³-hybridized carbons (Fsp3) is 0.977. The molecule has 3 aliphatic heterocycles. The lowest BCUT2D eigenvalue weighted by atomic mass is 9.41. The van der Waals surface area contributed by atoms with Crippen LogP contribution in [0, 0.1) is 44.8 Å². The molecule has 0 radical (unpaired) electrons. The first kappa shape index (κ1) is 43.6. The Labute approximate surface area is 341 Å². The summed E-state index contributed by atoms with van der Waals surface area (Å²) in [4.78, 5) is 12.0. The van der Waals surface area contributed by atoms with Crippen LogP contribution in [-0.2, 0) is 33.2 Å². The molecule has 0 aromatic carbocycles. The molecule has 332 valence electrons. The number of aliphatic hydroxyl groups is 8. The first-order chi connectivity index (χ1) is 26.8. The van der Waals surface area contributed by atoms with Gasteiger partial charge in [0.25, 0.3) is 0 Å². The average molecular weight is 827 g/mol. The quantitative estimate of drug-likeness (QED) is 0.0988. The summed E-state index contributed by atoms with van der Waals surface area (Å²) in [6, 6.07) is 0. The molecule has 8 N–H and O–H groups in total. The molecule has 15 nitrogen and oxygen atoms in total. The number of esters is 1. The second kappa shape index (κ2) is 14.0. The number of hydrogen-bond acceptors (Lipinski definition) is 15. The van der Waals surface area contributed by atoms with Crippen molar-refractivity contribution >= 4 is 5.97 Å². The molecule has 8 aliphatic rings. The topological polar surface area (TPSA) is 234 Å². The Kier molecular flexibility index (Phi) is 10.5. The molecule has 0 aromatic heterocycles. The van der Waals surface area contributed by atoms with E-state index >= 15 is 0 Å². The van der Waals surface area contributed by atoms with Crippen molar-refractivity contribution in [3.05, 3.63) is 0 Å². The van der Waals surface area contributed by atoms with Crippen LogP contribution < -0.4 is 0 Å². The van der Waals surface area contributed by atoms with E-state index in [1.165, 1.54) is 0 Å². The van der Waals surface area contributed by atoms with E-state index in [9.17, 15) is 45.6 Å². The van der Waals surface area contributed by atoms with E-state index in [0.29, 0.717) is 19.3 Å². The highest BCUT2D eigenvalue weighted by Crippen LogP contribution is 2.89. The molecular weight excluding hydrogens is 756 g/mol. The van der Waals surface area contributed by atoms with Crippen LogP contribution in [0.5, 0.6) is 0 Å². The van der Waals surface area contributed by atoms with Crippen molar-refractivity contribution in [2.75, 3.05) is 13.2 Å². The van der Waals surface area contributed by atoms with Gasteiger partial charge in [-0.15, -0.1) is 0 Å². The van der Waals surface area contributed by atoms with Gasteiger partial charge in [-0.1, -0.05) is 34.1 Å². The van der Waals surface area contributed by atoms with Gasteiger partial charge in [0.05, 0.1) is 42.7 Å². The molecule has 0 amide bonds. The molecule has 5 saturated carbocycles. The number of ether oxygens (including phenoxy) is 6. The van der Waals surface area contributed by atoms with Gasteiger partial charge in [0, 0.05) is 12.8 Å². The highest BCUT2D eigenvalue weighted by molar-refractivity contribution is 5.66. The van der Waals surface area contributed by atoms with E-state index in [-0.39, 0.29) is 50.9 Å². The van der Waals surface area contributed by atoms with Crippen LogP contribution in [-0.4, -0.2) is 145 Å². The molecule has 8 rings (SSSR count). The Hall–Kier alpha value is -1.05. The van der Waals surface area contributed by atoms with Gasteiger partial charge in [0.2, 0.25) is 12.1 Å². The SMILES string of the molecule is CC(=O)O[C@H]1[C@H](O[C@]2(O)[C@H](O)[C@@H](CO)O[C@@H](O[C@H]3C[C@@H]4[C@@]5(CC[C@]6(C)[C@@H]([C@@]7(C)CC[C@@H](C(C)(C)O)O7)[C@@H](O)C[C@@]46C)C[C@@]54CCCC(C)(C)[C@@H]34)[C@@H]2O)OC[C@@H](O)[C@@H]1O. The monoisotopic (exact) mass is 826 g/mol. The number of carbonyl (C=O) groups is 1. The number of fused-ring (bicyclic) bond motifs is 2. The number of carbonyl (C=O) groups excluding carboxylic acids is 1. The zero-order valence-corrected chi connectivity index (χ0v) is 35.5. The highest BCUT2D eigenvalue weighted by atomic mass is 16.8. The zero-order valence-electron chi connectivity index (χ0n) is 35.5. The van der Waals surface area contributed by atoms with Crippen LogP contribution in [0.3, 0.4) is 0 Å². The molecule has 5 aliphatic carbocycles. The fourth-order valence-corrected chi connectivity index (χ4v) is 15.2. The third-order valence-corrected chi connectivity index (χ3v) is 17.8. The maximum absolute atomic E-state index is 12.2. The molecule has 58 heavy (non-hydrogen) atoms. The van der Waals surface area contributed by atoms with E-state index in [1.54, 1.807) is 13.8 Å². The zero-order chi connectivity index (χ0) is 42.4. The van der Waals surface area contributed by atoms with Crippen molar-refractivity contribution in [3.8, 4) is 0 Å². The molecule has 3 heterocycles. The van der Waals surface area contributed by atoms with Crippen molar-refractivity contribution in [1.82, 2.24) is 0 Å². The van der Waals surface area contributed by atoms with Crippen LogP contribution in [0.2, 0.25) is 0 Å². The minimum atomic E-state index is -2.91. The van der Waals surface area contributed by atoms with Gasteiger partial charge in [0.1, 0.15) is 24.4 Å².